The van der Waals surface area contributed by atoms with Gasteiger partial charge in [0.05, 0.1) is 5.69 Å². The van der Waals surface area contributed by atoms with Gasteiger partial charge in [0.15, 0.2) is 0 Å². The van der Waals surface area contributed by atoms with Gasteiger partial charge in [-0.3, -0.25) is 4.79 Å². The van der Waals surface area contributed by atoms with Crippen LogP contribution in [0, 0.1) is 12.7 Å². The second-order valence-electron chi connectivity index (χ2n) is 5.82. The number of carbonyl (C=O) groups excluding carboxylic acids is 1. The maximum absolute atomic E-state index is 14.0. The number of amides is 1. The number of piperidine rings is 1. The molecule has 2 aromatic rings. The number of halogens is 1. The molecule has 0 radical (unpaired) electrons. The molecule has 1 aromatic heterocycles. The molecule has 1 N–H and O–H groups in total. The summed E-state index contributed by atoms with van der Waals surface area (Å²) >= 11 is 0. The van der Waals surface area contributed by atoms with Gasteiger partial charge in [-0.05, 0) is 44.4 Å². The largest absolute Gasteiger partial charge is 0.346 e. The molecule has 120 valence electrons. The summed E-state index contributed by atoms with van der Waals surface area (Å²) in [5.41, 5.74) is 0.762. The van der Waals surface area contributed by atoms with Crippen molar-refractivity contribution in [1.29, 1.82) is 0 Å². The Kier molecular flexibility index (Phi) is 4.23. The average molecular weight is 315 g/mol. The van der Waals surface area contributed by atoms with E-state index < -0.39 is 11.5 Å². The SMILES string of the molecule is Cc1ccc(F)c(-c2cc(C(=O)N3CCCCC3)[nH]c(=O)n2)c1. The van der Waals surface area contributed by atoms with Gasteiger partial charge in [-0.2, -0.15) is 4.98 Å². The first kappa shape index (κ1) is 15.4. The lowest BCUT2D eigenvalue weighted by atomic mass is 10.1. The van der Waals surface area contributed by atoms with Crippen molar-refractivity contribution >= 4 is 5.91 Å². The molecule has 1 aromatic carbocycles. The normalized spacial score (nSPS) is 14.8. The molecule has 2 heterocycles. The van der Waals surface area contributed by atoms with Gasteiger partial charge in [0.2, 0.25) is 0 Å². The summed E-state index contributed by atoms with van der Waals surface area (Å²) in [7, 11) is 0. The van der Waals surface area contributed by atoms with Crippen LogP contribution < -0.4 is 5.69 Å². The lowest BCUT2D eigenvalue weighted by Gasteiger charge is -2.26. The molecule has 1 fully saturated rings. The van der Waals surface area contributed by atoms with Crippen molar-refractivity contribution in [3.63, 3.8) is 0 Å². The van der Waals surface area contributed by atoms with Crippen LogP contribution in [-0.2, 0) is 0 Å². The van der Waals surface area contributed by atoms with Gasteiger partial charge in [-0.15, -0.1) is 0 Å². The Labute approximate surface area is 133 Å². The van der Waals surface area contributed by atoms with Gasteiger partial charge in [0, 0.05) is 18.7 Å². The van der Waals surface area contributed by atoms with Crippen LogP contribution in [0.2, 0.25) is 0 Å². The number of rotatable bonds is 2. The molecule has 0 saturated carbocycles. The maximum atomic E-state index is 14.0. The van der Waals surface area contributed by atoms with Crippen LogP contribution in [0.1, 0.15) is 35.3 Å². The Hall–Kier alpha value is -2.50. The third-order valence-electron chi connectivity index (χ3n) is 4.02. The fourth-order valence-corrected chi connectivity index (χ4v) is 2.81. The number of likely N-dealkylation sites (tertiary alicyclic amines) is 1. The fraction of sp³-hybridized carbons (Fsp3) is 0.353. The molecule has 23 heavy (non-hydrogen) atoms. The Morgan fingerprint density at radius 1 is 1.22 bits per heavy atom. The number of hydrogen-bond acceptors (Lipinski definition) is 3. The number of aryl methyl sites for hydroxylation is 1. The molecule has 1 aliphatic rings. The molecule has 1 amide bonds. The molecule has 1 aliphatic heterocycles. The summed E-state index contributed by atoms with van der Waals surface area (Å²) in [5.74, 6) is -0.705. The van der Waals surface area contributed by atoms with E-state index in [1.807, 2.05) is 6.92 Å². The van der Waals surface area contributed by atoms with E-state index in [2.05, 4.69) is 9.97 Å². The highest BCUT2D eigenvalue weighted by atomic mass is 19.1. The van der Waals surface area contributed by atoms with E-state index in [4.69, 9.17) is 0 Å². The topological polar surface area (TPSA) is 66.1 Å². The molecule has 3 rings (SSSR count). The Bertz CT molecular complexity index is 795. The second-order valence-corrected chi connectivity index (χ2v) is 5.82. The van der Waals surface area contributed by atoms with Gasteiger partial charge >= 0.3 is 5.69 Å². The molecule has 0 aliphatic carbocycles. The number of aromatic amines is 1. The van der Waals surface area contributed by atoms with Crippen molar-refractivity contribution in [2.75, 3.05) is 13.1 Å². The molecule has 6 heteroatoms. The minimum absolute atomic E-state index is 0.155. The average Bonchev–Trinajstić information content (AvgIpc) is 2.56. The van der Waals surface area contributed by atoms with E-state index in [1.54, 1.807) is 17.0 Å². The predicted octanol–water partition coefficient (Wildman–Crippen LogP) is 2.51. The number of aromatic nitrogens is 2. The van der Waals surface area contributed by atoms with Crippen molar-refractivity contribution in [2.24, 2.45) is 0 Å². The molecule has 5 nitrogen and oxygen atoms in total. The predicted molar refractivity (Wildman–Crippen MR) is 84.7 cm³/mol. The van der Waals surface area contributed by atoms with E-state index >= 15 is 0 Å². The minimum Gasteiger partial charge on any atom is -0.337 e. The zero-order chi connectivity index (χ0) is 16.4. The van der Waals surface area contributed by atoms with Crippen LogP contribution in [0.25, 0.3) is 11.3 Å². The summed E-state index contributed by atoms with van der Waals surface area (Å²) in [4.78, 5) is 32.3. The van der Waals surface area contributed by atoms with Crippen LogP contribution >= 0.6 is 0 Å². The van der Waals surface area contributed by atoms with E-state index in [1.165, 1.54) is 12.1 Å². The zero-order valence-electron chi connectivity index (χ0n) is 12.9. The standard InChI is InChI=1S/C17H18FN3O2/c1-11-5-6-13(18)12(9-11)14-10-15(20-17(23)19-14)16(22)21-7-3-2-4-8-21/h5-6,9-10H,2-4,7-8H2,1H3,(H,19,20,23). The maximum Gasteiger partial charge on any atom is 0.346 e. The fourth-order valence-electron chi connectivity index (χ4n) is 2.81. The van der Waals surface area contributed by atoms with Crippen LogP contribution in [-0.4, -0.2) is 33.9 Å². The van der Waals surface area contributed by atoms with Gasteiger partial charge in [-0.1, -0.05) is 11.6 Å². The molecule has 1 saturated heterocycles. The zero-order valence-corrected chi connectivity index (χ0v) is 12.9. The van der Waals surface area contributed by atoms with Gasteiger partial charge < -0.3 is 9.88 Å². The molecule has 0 unspecified atom stereocenters. The van der Waals surface area contributed by atoms with Crippen molar-refractivity contribution in [3.05, 3.63) is 51.8 Å². The highest BCUT2D eigenvalue weighted by molar-refractivity contribution is 5.93. The highest BCUT2D eigenvalue weighted by Crippen LogP contribution is 2.22. The van der Waals surface area contributed by atoms with Crippen LogP contribution in [0.15, 0.2) is 29.1 Å². The number of hydrogen-bond donors (Lipinski definition) is 1. The molecule has 0 bridgehead atoms. The van der Waals surface area contributed by atoms with Gasteiger partial charge in [0.1, 0.15) is 11.5 Å². The first-order chi connectivity index (χ1) is 11.0. The smallest absolute Gasteiger partial charge is 0.337 e. The lowest BCUT2D eigenvalue weighted by Crippen LogP contribution is -2.37. The highest BCUT2D eigenvalue weighted by Gasteiger charge is 2.20. The lowest BCUT2D eigenvalue weighted by molar-refractivity contribution is 0.0718. The number of nitrogens with zero attached hydrogens (tertiary/aromatic N) is 2. The van der Waals surface area contributed by atoms with Crippen LogP contribution in [0.3, 0.4) is 0 Å². The summed E-state index contributed by atoms with van der Waals surface area (Å²) in [6.07, 6.45) is 3.03. The van der Waals surface area contributed by atoms with E-state index in [-0.39, 0.29) is 22.9 Å². The summed E-state index contributed by atoms with van der Waals surface area (Å²) < 4.78 is 14.0. The Balaban J connectivity index is 2.00. The molecular weight excluding hydrogens is 297 g/mol. The summed E-state index contributed by atoms with van der Waals surface area (Å²) in [6, 6.07) is 6.05. The number of carbonyl (C=O) groups is 1. The Morgan fingerprint density at radius 3 is 2.70 bits per heavy atom. The first-order valence-electron chi connectivity index (χ1n) is 7.72. The third kappa shape index (κ3) is 3.31. The minimum atomic E-state index is -0.649. The van der Waals surface area contributed by atoms with Crippen molar-refractivity contribution in [1.82, 2.24) is 14.9 Å². The van der Waals surface area contributed by atoms with E-state index in [0.717, 1.165) is 24.8 Å². The number of benzene rings is 1. The van der Waals surface area contributed by atoms with Crippen molar-refractivity contribution < 1.29 is 9.18 Å². The quantitative estimate of drug-likeness (QED) is 0.926. The summed E-state index contributed by atoms with van der Waals surface area (Å²) in [5, 5.41) is 0. The van der Waals surface area contributed by atoms with Crippen LogP contribution in [0.4, 0.5) is 4.39 Å². The summed E-state index contributed by atoms with van der Waals surface area (Å²) in [6.45, 7) is 3.19. The monoisotopic (exact) mass is 315 g/mol. The first-order valence-corrected chi connectivity index (χ1v) is 7.72. The molecule has 0 spiro atoms. The molecular formula is C17H18FN3O2. The van der Waals surface area contributed by atoms with Gasteiger partial charge in [-0.25, -0.2) is 9.18 Å². The van der Waals surface area contributed by atoms with Crippen molar-refractivity contribution in [2.45, 2.75) is 26.2 Å². The third-order valence-corrected chi connectivity index (χ3v) is 4.02. The van der Waals surface area contributed by atoms with Crippen molar-refractivity contribution in [3.8, 4) is 11.3 Å². The number of nitrogens with one attached hydrogen (secondary N) is 1. The number of H-pyrrole nitrogens is 1. The second kappa shape index (κ2) is 6.32. The van der Waals surface area contributed by atoms with Gasteiger partial charge in [0.25, 0.3) is 5.91 Å². The van der Waals surface area contributed by atoms with E-state index in [9.17, 15) is 14.0 Å². The molecule has 0 atom stereocenters. The Morgan fingerprint density at radius 2 is 1.96 bits per heavy atom. The van der Waals surface area contributed by atoms with E-state index in [0.29, 0.717) is 13.1 Å². The van der Waals surface area contributed by atoms with Crippen LogP contribution in [0.5, 0.6) is 0 Å².